The highest BCUT2D eigenvalue weighted by molar-refractivity contribution is 6.13. The van der Waals surface area contributed by atoms with Crippen LogP contribution in [0.3, 0.4) is 0 Å². The van der Waals surface area contributed by atoms with E-state index in [1.165, 1.54) is 0 Å². The van der Waals surface area contributed by atoms with Crippen molar-refractivity contribution in [3.05, 3.63) is 35.6 Å². The van der Waals surface area contributed by atoms with Gasteiger partial charge < -0.3 is 15.3 Å². The van der Waals surface area contributed by atoms with Gasteiger partial charge in [-0.25, -0.2) is 4.79 Å². The topological polar surface area (TPSA) is 100 Å². The Morgan fingerprint density at radius 2 is 2.00 bits per heavy atom. The van der Waals surface area contributed by atoms with Crippen LogP contribution in [0, 0.1) is 5.41 Å². The van der Waals surface area contributed by atoms with Crippen LogP contribution in [0.1, 0.15) is 16.1 Å². The second-order valence-corrected chi connectivity index (χ2v) is 3.02. The second kappa shape index (κ2) is 4.24. The Kier molecular flexibility index (Phi) is 3.20. The fraction of sp³-hybridized carbons (Fsp3) is 0. The van der Waals surface area contributed by atoms with Crippen molar-refractivity contribution in [2.24, 2.45) is 5.73 Å². The Morgan fingerprint density at radius 1 is 1.38 bits per heavy atom. The molecule has 0 aliphatic rings. The Balaban J connectivity index is 0.00000128. The molecule has 1 heterocycles. The van der Waals surface area contributed by atoms with Gasteiger partial charge in [0.15, 0.2) is 0 Å². The number of furan rings is 1. The van der Waals surface area contributed by atoms with E-state index < -0.39 is 5.97 Å². The zero-order valence-corrected chi connectivity index (χ0v) is 8.88. The summed E-state index contributed by atoms with van der Waals surface area (Å²) in [5, 5.41) is 16.7. The molecule has 1 aromatic heterocycles. The van der Waals surface area contributed by atoms with Crippen molar-refractivity contribution in [1.29, 1.82) is 5.41 Å². The molecule has 6 heteroatoms. The molecule has 0 bridgehead atoms. The highest BCUT2D eigenvalue weighted by atomic mass is 35.5. The summed E-state index contributed by atoms with van der Waals surface area (Å²) in [6.07, 6.45) is 0. The van der Waals surface area contributed by atoms with E-state index in [4.69, 9.17) is 20.7 Å². The summed E-state index contributed by atoms with van der Waals surface area (Å²) in [5.41, 5.74) is 5.88. The largest absolute Gasteiger partial charge is 0.475 e. The SMILES string of the molecule is Cl.N=C(N)c1c(C(=O)O)oc2ccccc12. The molecule has 2 aromatic rings. The lowest BCUT2D eigenvalue weighted by Crippen LogP contribution is -2.14. The quantitative estimate of drug-likeness (QED) is 0.551. The van der Waals surface area contributed by atoms with E-state index in [-0.39, 0.29) is 29.6 Å². The van der Waals surface area contributed by atoms with E-state index in [0.717, 1.165) is 0 Å². The van der Waals surface area contributed by atoms with Crippen molar-refractivity contribution in [3.8, 4) is 0 Å². The average molecular weight is 241 g/mol. The Labute approximate surface area is 96.8 Å². The number of nitrogens with one attached hydrogen (secondary N) is 1. The number of carboxylic acids is 1. The number of rotatable bonds is 2. The first-order valence-corrected chi connectivity index (χ1v) is 4.20. The van der Waals surface area contributed by atoms with E-state index in [1.54, 1.807) is 24.3 Å². The van der Waals surface area contributed by atoms with Crippen LogP contribution in [0.15, 0.2) is 28.7 Å². The van der Waals surface area contributed by atoms with Gasteiger partial charge in [-0.3, -0.25) is 5.41 Å². The molecule has 0 spiro atoms. The maximum Gasteiger partial charge on any atom is 0.372 e. The number of amidine groups is 1. The molecule has 0 radical (unpaired) electrons. The van der Waals surface area contributed by atoms with Crippen LogP contribution in [-0.4, -0.2) is 16.9 Å². The highest BCUT2D eigenvalue weighted by Gasteiger charge is 2.21. The fourth-order valence-corrected chi connectivity index (χ4v) is 1.46. The van der Waals surface area contributed by atoms with Crippen LogP contribution in [-0.2, 0) is 0 Å². The standard InChI is InChI=1S/C10H8N2O3.ClH/c11-9(12)7-5-3-1-2-4-6(5)15-8(7)10(13)14;/h1-4H,(H3,11,12)(H,13,14);1H. The van der Waals surface area contributed by atoms with Crippen LogP contribution in [0.2, 0.25) is 0 Å². The van der Waals surface area contributed by atoms with Gasteiger partial charge in [-0.1, -0.05) is 18.2 Å². The van der Waals surface area contributed by atoms with Crippen LogP contribution in [0.4, 0.5) is 0 Å². The molecule has 84 valence electrons. The number of halogens is 1. The smallest absolute Gasteiger partial charge is 0.372 e. The molecule has 16 heavy (non-hydrogen) atoms. The molecular formula is C10H9ClN2O3. The number of para-hydroxylation sites is 1. The van der Waals surface area contributed by atoms with Crippen LogP contribution >= 0.6 is 12.4 Å². The Bertz CT molecular complexity index is 562. The van der Waals surface area contributed by atoms with Crippen molar-refractivity contribution >= 4 is 35.2 Å². The molecule has 0 aliphatic carbocycles. The third-order valence-electron chi connectivity index (χ3n) is 2.06. The van der Waals surface area contributed by atoms with E-state index in [0.29, 0.717) is 11.0 Å². The normalized spacial score (nSPS) is 9.75. The number of benzene rings is 1. The number of aromatic carboxylic acids is 1. The van der Waals surface area contributed by atoms with Gasteiger partial charge in [0.2, 0.25) is 5.76 Å². The van der Waals surface area contributed by atoms with Gasteiger partial charge in [0.1, 0.15) is 11.4 Å². The van der Waals surface area contributed by atoms with Crippen molar-refractivity contribution in [2.75, 3.05) is 0 Å². The van der Waals surface area contributed by atoms with Crippen molar-refractivity contribution in [2.45, 2.75) is 0 Å². The maximum atomic E-state index is 10.8. The minimum atomic E-state index is -1.23. The van der Waals surface area contributed by atoms with Gasteiger partial charge in [0, 0.05) is 5.39 Å². The molecular weight excluding hydrogens is 232 g/mol. The summed E-state index contributed by atoms with van der Waals surface area (Å²) in [7, 11) is 0. The zero-order chi connectivity index (χ0) is 11.0. The molecule has 0 fully saturated rings. The Morgan fingerprint density at radius 3 is 2.56 bits per heavy atom. The summed E-state index contributed by atoms with van der Waals surface area (Å²) in [6, 6.07) is 6.76. The van der Waals surface area contributed by atoms with E-state index in [1.807, 2.05) is 0 Å². The summed E-state index contributed by atoms with van der Waals surface area (Å²) >= 11 is 0. The van der Waals surface area contributed by atoms with Crippen molar-refractivity contribution < 1.29 is 14.3 Å². The number of hydrogen-bond acceptors (Lipinski definition) is 3. The molecule has 1 aromatic carbocycles. The lowest BCUT2D eigenvalue weighted by atomic mass is 10.1. The minimum Gasteiger partial charge on any atom is -0.475 e. The van der Waals surface area contributed by atoms with E-state index in [2.05, 4.69) is 0 Å². The number of fused-ring (bicyclic) bond motifs is 1. The summed E-state index contributed by atoms with van der Waals surface area (Å²) in [5.74, 6) is -1.82. The minimum absolute atomic E-state index is 0. The number of carboxylic acid groups (broad SMARTS) is 1. The second-order valence-electron chi connectivity index (χ2n) is 3.02. The highest BCUT2D eigenvalue weighted by Crippen LogP contribution is 2.25. The summed E-state index contributed by atoms with van der Waals surface area (Å²) in [4.78, 5) is 10.8. The molecule has 2 rings (SSSR count). The first-order valence-electron chi connectivity index (χ1n) is 4.20. The zero-order valence-electron chi connectivity index (χ0n) is 8.06. The van der Waals surface area contributed by atoms with Crippen LogP contribution in [0.25, 0.3) is 11.0 Å². The molecule has 0 saturated heterocycles. The van der Waals surface area contributed by atoms with Gasteiger partial charge in [-0.05, 0) is 6.07 Å². The Hall–Kier alpha value is -2.01. The summed E-state index contributed by atoms with van der Waals surface area (Å²) < 4.78 is 5.10. The maximum absolute atomic E-state index is 10.8. The predicted octanol–water partition coefficient (Wildman–Crippen LogP) is 1.84. The monoisotopic (exact) mass is 240 g/mol. The molecule has 0 saturated carbocycles. The predicted molar refractivity (Wildman–Crippen MR) is 61.4 cm³/mol. The molecule has 4 N–H and O–H groups in total. The first kappa shape index (κ1) is 12.1. The van der Waals surface area contributed by atoms with Gasteiger partial charge in [-0.15, -0.1) is 12.4 Å². The van der Waals surface area contributed by atoms with Gasteiger partial charge >= 0.3 is 5.97 Å². The number of nitrogens with two attached hydrogens (primary N) is 1. The number of hydrogen-bond donors (Lipinski definition) is 3. The summed E-state index contributed by atoms with van der Waals surface area (Å²) in [6.45, 7) is 0. The van der Waals surface area contributed by atoms with Crippen molar-refractivity contribution in [3.63, 3.8) is 0 Å². The third-order valence-corrected chi connectivity index (χ3v) is 2.06. The third kappa shape index (κ3) is 1.72. The van der Waals surface area contributed by atoms with Gasteiger partial charge in [0.25, 0.3) is 0 Å². The first-order chi connectivity index (χ1) is 7.11. The fourth-order valence-electron chi connectivity index (χ4n) is 1.46. The van der Waals surface area contributed by atoms with Gasteiger partial charge in [0.05, 0.1) is 5.56 Å². The molecule has 0 aliphatic heterocycles. The van der Waals surface area contributed by atoms with Crippen LogP contribution < -0.4 is 5.73 Å². The number of nitrogen functional groups attached to an aromatic ring is 1. The van der Waals surface area contributed by atoms with Crippen LogP contribution in [0.5, 0.6) is 0 Å². The molecule has 0 amide bonds. The average Bonchev–Trinajstić information content (AvgIpc) is 2.56. The van der Waals surface area contributed by atoms with Gasteiger partial charge in [-0.2, -0.15) is 0 Å². The van der Waals surface area contributed by atoms with E-state index in [9.17, 15) is 4.79 Å². The molecule has 5 nitrogen and oxygen atoms in total. The lowest BCUT2D eigenvalue weighted by molar-refractivity contribution is 0.0664. The molecule has 0 unspecified atom stereocenters. The molecule has 0 atom stereocenters. The number of carbonyl (C=O) groups is 1. The van der Waals surface area contributed by atoms with E-state index >= 15 is 0 Å². The van der Waals surface area contributed by atoms with Crippen molar-refractivity contribution in [1.82, 2.24) is 0 Å². The lowest BCUT2D eigenvalue weighted by Gasteiger charge is -1.95.